The number of aryl methyl sites for hydroxylation is 2. The van der Waals surface area contributed by atoms with E-state index in [4.69, 9.17) is 16.9 Å². The van der Waals surface area contributed by atoms with Crippen molar-refractivity contribution in [1.29, 1.82) is 5.26 Å². The maximum absolute atomic E-state index is 12.7. The summed E-state index contributed by atoms with van der Waals surface area (Å²) in [7, 11) is 0. The van der Waals surface area contributed by atoms with Crippen molar-refractivity contribution in [3.8, 4) is 6.07 Å². The largest absolute Gasteiger partial charge is 0.311 e. The van der Waals surface area contributed by atoms with Crippen LogP contribution in [0.2, 0.25) is 5.02 Å². The molecule has 1 aromatic heterocycles. The Morgan fingerprint density at radius 1 is 1.33 bits per heavy atom. The molecule has 0 saturated heterocycles. The standard InChI is InChI=1S/C18H18ClN3OS/c1-13-6-7-15(11-14(13)2)22(10-4-8-20)17(23)12-24-18-16(19)5-3-9-21-18/h3,5-7,9,11H,4,10,12H2,1-2H3. The summed E-state index contributed by atoms with van der Waals surface area (Å²) in [4.78, 5) is 18.5. The van der Waals surface area contributed by atoms with Gasteiger partial charge in [0.05, 0.1) is 23.3 Å². The molecule has 124 valence electrons. The van der Waals surface area contributed by atoms with Crippen molar-refractivity contribution in [3.05, 3.63) is 52.7 Å². The Morgan fingerprint density at radius 2 is 2.12 bits per heavy atom. The summed E-state index contributed by atoms with van der Waals surface area (Å²) in [5.74, 6) is 0.148. The Balaban J connectivity index is 2.14. The van der Waals surface area contributed by atoms with Gasteiger partial charge in [-0.15, -0.1) is 0 Å². The number of anilines is 1. The number of nitrogens with zero attached hydrogens (tertiary/aromatic N) is 3. The minimum atomic E-state index is -0.0692. The fourth-order valence-corrected chi connectivity index (χ4v) is 3.18. The van der Waals surface area contributed by atoms with Gasteiger partial charge in [-0.1, -0.05) is 29.4 Å². The van der Waals surface area contributed by atoms with Crippen LogP contribution in [0.4, 0.5) is 5.69 Å². The first-order chi connectivity index (χ1) is 11.5. The van der Waals surface area contributed by atoms with Crippen LogP contribution in [0.5, 0.6) is 0 Å². The fraction of sp³-hybridized carbons (Fsp3) is 0.278. The summed E-state index contributed by atoms with van der Waals surface area (Å²) in [6.45, 7) is 4.40. The average Bonchev–Trinajstić information content (AvgIpc) is 2.57. The van der Waals surface area contributed by atoms with E-state index in [-0.39, 0.29) is 18.1 Å². The first-order valence-corrected chi connectivity index (χ1v) is 8.87. The molecular formula is C18H18ClN3OS. The van der Waals surface area contributed by atoms with E-state index in [1.807, 2.05) is 32.0 Å². The molecule has 0 unspecified atom stereocenters. The Labute approximate surface area is 151 Å². The lowest BCUT2D eigenvalue weighted by Gasteiger charge is -2.22. The first kappa shape index (κ1) is 18.3. The zero-order valence-corrected chi connectivity index (χ0v) is 15.2. The first-order valence-electron chi connectivity index (χ1n) is 7.51. The highest BCUT2D eigenvalue weighted by atomic mass is 35.5. The van der Waals surface area contributed by atoms with Crippen molar-refractivity contribution in [1.82, 2.24) is 4.98 Å². The van der Waals surface area contributed by atoms with E-state index >= 15 is 0 Å². The van der Waals surface area contributed by atoms with Gasteiger partial charge < -0.3 is 4.90 Å². The molecule has 1 amide bonds. The molecule has 0 fully saturated rings. The summed E-state index contributed by atoms with van der Waals surface area (Å²) in [5.41, 5.74) is 3.09. The van der Waals surface area contributed by atoms with E-state index in [1.54, 1.807) is 23.2 Å². The topological polar surface area (TPSA) is 57.0 Å². The molecule has 2 aromatic rings. The third kappa shape index (κ3) is 4.73. The fourth-order valence-electron chi connectivity index (χ4n) is 2.14. The molecule has 0 radical (unpaired) electrons. The molecule has 1 heterocycles. The van der Waals surface area contributed by atoms with Crippen LogP contribution in [0.15, 0.2) is 41.6 Å². The summed E-state index contributed by atoms with van der Waals surface area (Å²) in [6, 6.07) is 11.5. The van der Waals surface area contributed by atoms with Gasteiger partial charge in [-0.05, 0) is 49.2 Å². The molecule has 2 rings (SSSR count). The van der Waals surface area contributed by atoms with Gasteiger partial charge in [-0.2, -0.15) is 5.26 Å². The van der Waals surface area contributed by atoms with Gasteiger partial charge >= 0.3 is 0 Å². The Hall–Kier alpha value is -2.03. The van der Waals surface area contributed by atoms with Gasteiger partial charge in [0.15, 0.2) is 0 Å². The van der Waals surface area contributed by atoms with Gasteiger partial charge in [0.1, 0.15) is 5.03 Å². The molecular weight excluding hydrogens is 342 g/mol. The van der Waals surface area contributed by atoms with Crippen LogP contribution in [0, 0.1) is 25.2 Å². The quantitative estimate of drug-likeness (QED) is 0.717. The zero-order valence-electron chi connectivity index (χ0n) is 13.6. The number of amides is 1. The van der Waals surface area contributed by atoms with Crippen LogP contribution < -0.4 is 4.90 Å². The molecule has 0 spiro atoms. The second kappa shape index (κ2) is 8.72. The predicted molar refractivity (Wildman–Crippen MR) is 98.5 cm³/mol. The highest BCUT2D eigenvalue weighted by molar-refractivity contribution is 8.00. The second-order valence-corrected chi connectivity index (χ2v) is 6.67. The second-order valence-electron chi connectivity index (χ2n) is 5.30. The molecule has 0 bridgehead atoms. The third-order valence-electron chi connectivity index (χ3n) is 3.61. The Kier molecular flexibility index (Phi) is 6.65. The highest BCUT2D eigenvalue weighted by Crippen LogP contribution is 2.26. The number of hydrogen-bond acceptors (Lipinski definition) is 4. The molecule has 4 nitrogen and oxygen atoms in total. The van der Waals surface area contributed by atoms with E-state index in [2.05, 4.69) is 11.1 Å². The lowest BCUT2D eigenvalue weighted by Crippen LogP contribution is -2.33. The smallest absolute Gasteiger partial charge is 0.237 e. The molecule has 0 N–H and O–H groups in total. The normalized spacial score (nSPS) is 10.2. The Morgan fingerprint density at radius 3 is 2.79 bits per heavy atom. The molecule has 0 aliphatic rings. The van der Waals surface area contributed by atoms with Crippen LogP contribution in [-0.2, 0) is 4.79 Å². The molecule has 0 aliphatic carbocycles. The van der Waals surface area contributed by atoms with Crippen molar-refractivity contribution in [2.75, 3.05) is 17.2 Å². The molecule has 0 aliphatic heterocycles. The highest BCUT2D eigenvalue weighted by Gasteiger charge is 2.17. The van der Waals surface area contributed by atoms with Crippen LogP contribution >= 0.6 is 23.4 Å². The van der Waals surface area contributed by atoms with Crippen molar-refractivity contribution < 1.29 is 4.79 Å². The molecule has 0 saturated carbocycles. The van der Waals surface area contributed by atoms with Crippen LogP contribution in [0.1, 0.15) is 17.5 Å². The van der Waals surface area contributed by atoms with E-state index < -0.39 is 0 Å². The number of aromatic nitrogens is 1. The van der Waals surface area contributed by atoms with Gasteiger partial charge in [0.2, 0.25) is 5.91 Å². The molecule has 1 aromatic carbocycles. The lowest BCUT2D eigenvalue weighted by atomic mass is 10.1. The van der Waals surface area contributed by atoms with E-state index in [1.165, 1.54) is 17.3 Å². The number of halogens is 1. The zero-order chi connectivity index (χ0) is 17.5. The maximum Gasteiger partial charge on any atom is 0.237 e. The van der Waals surface area contributed by atoms with Gasteiger partial charge in [0.25, 0.3) is 0 Å². The Bertz CT molecular complexity index is 773. The van der Waals surface area contributed by atoms with Crippen LogP contribution in [-0.4, -0.2) is 23.2 Å². The molecule has 0 atom stereocenters. The average molecular weight is 360 g/mol. The third-order valence-corrected chi connectivity index (χ3v) is 5.01. The van der Waals surface area contributed by atoms with Crippen molar-refractivity contribution in [2.24, 2.45) is 0 Å². The molecule has 6 heteroatoms. The number of carbonyl (C=O) groups is 1. The summed E-state index contributed by atoms with van der Waals surface area (Å²) in [5, 5.41) is 10.0. The monoisotopic (exact) mass is 359 g/mol. The minimum absolute atomic E-state index is 0.0692. The summed E-state index contributed by atoms with van der Waals surface area (Å²) >= 11 is 7.38. The van der Waals surface area contributed by atoms with Gasteiger partial charge in [0, 0.05) is 18.4 Å². The lowest BCUT2D eigenvalue weighted by molar-refractivity contribution is -0.116. The van der Waals surface area contributed by atoms with Gasteiger partial charge in [-0.3, -0.25) is 4.79 Å². The van der Waals surface area contributed by atoms with Crippen molar-refractivity contribution >= 4 is 35.0 Å². The van der Waals surface area contributed by atoms with Crippen LogP contribution in [0.3, 0.4) is 0 Å². The number of benzene rings is 1. The van der Waals surface area contributed by atoms with E-state index in [0.717, 1.165) is 11.3 Å². The summed E-state index contributed by atoms with van der Waals surface area (Å²) < 4.78 is 0. The number of thioether (sulfide) groups is 1. The summed E-state index contributed by atoms with van der Waals surface area (Å²) in [6.07, 6.45) is 1.93. The van der Waals surface area contributed by atoms with E-state index in [0.29, 0.717) is 16.6 Å². The number of pyridine rings is 1. The van der Waals surface area contributed by atoms with E-state index in [9.17, 15) is 4.79 Å². The minimum Gasteiger partial charge on any atom is -0.311 e. The SMILES string of the molecule is Cc1ccc(N(CCC#N)C(=O)CSc2ncccc2Cl)cc1C. The number of nitriles is 1. The maximum atomic E-state index is 12.7. The number of hydrogen-bond donors (Lipinski definition) is 0. The number of carbonyl (C=O) groups excluding carboxylic acids is 1. The number of rotatable bonds is 6. The van der Waals surface area contributed by atoms with Crippen LogP contribution in [0.25, 0.3) is 0 Å². The molecule has 24 heavy (non-hydrogen) atoms. The van der Waals surface area contributed by atoms with Crippen molar-refractivity contribution in [3.63, 3.8) is 0 Å². The predicted octanol–water partition coefficient (Wildman–Crippen LogP) is 4.39. The van der Waals surface area contributed by atoms with Gasteiger partial charge in [-0.25, -0.2) is 4.98 Å². The van der Waals surface area contributed by atoms with Crippen molar-refractivity contribution in [2.45, 2.75) is 25.3 Å².